The highest BCUT2D eigenvalue weighted by Gasteiger charge is 2.31. The summed E-state index contributed by atoms with van der Waals surface area (Å²) in [5, 5.41) is 2.60. The molecule has 0 aliphatic rings. The number of hydrogen-bond donors (Lipinski definition) is 1. The predicted molar refractivity (Wildman–Crippen MR) is 72.6 cm³/mol. The van der Waals surface area contributed by atoms with Crippen LogP contribution >= 0.6 is 34.8 Å². The predicted octanol–water partition coefficient (Wildman–Crippen LogP) is 3.27. The molecule has 17 heavy (non-hydrogen) atoms. The van der Waals surface area contributed by atoms with E-state index in [0.29, 0.717) is 6.42 Å². The molecule has 0 saturated heterocycles. The maximum Gasteiger partial charge on any atom is 0.272 e. The van der Waals surface area contributed by atoms with Gasteiger partial charge in [0.05, 0.1) is 6.04 Å². The topological polar surface area (TPSA) is 29.1 Å². The number of alkyl halides is 3. The van der Waals surface area contributed by atoms with Gasteiger partial charge in [-0.05, 0) is 12.0 Å². The van der Waals surface area contributed by atoms with Gasteiger partial charge in [0.1, 0.15) is 0 Å². The van der Waals surface area contributed by atoms with Crippen LogP contribution in [-0.4, -0.2) is 15.7 Å². The van der Waals surface area contributed by atoms with E-state index < -0.39 is 9.70 Å². The average Bonchev–Trinajstić information content (AvgIpc) is 2.28. The third-order valence-corrected chi connectivity index (χ3v) is 2.67. The SMILES string of the molecule is C=C[C@H](Cc1ccccc1)NC(=O)C(Cl)(Cl)Cl. The molecule has 1 aromatic carbocycles. The van der Waals surface area contributed by atoms with Gasteiger partial charge >= 0.3 is 0 Å². The fourth-order valence-electron chi connectivity index (χ4n) is 1.31. The van der Waals surface area contributed by atoms with Crippen molar-refractivity contribution in [1.29, 1.82) is 0 Å². The molecule has 0 spiro atoms. The van der Waals surface area contributed by atoms with E-state index in [1.54, 1.807) is 6.08 Å². The van der Waals surface area contributed by atoms with Gasteiger partial charge in [0, 0.05) is 0 Å². The first-order valence-corrected chi connectivity index (χ1v) is 6.11. The van der Waals surface area contributed by atoms with Crippen molar-refractivity contribution in [3.63, 3.8) is 0 Å². The van der Waals surface area contributed by atoms with Gasteiger partial charge in [-0.25, -0.2) is 0 Å². The van der Waals surface area contributed by atoms with E-state index in [2.05, 4.69) is 11.9 Å². The Hall–Kier alpha value is -0.700. The molecule has 0 fully saturated rings. The van der Waals surface area contributed by atoms with Crippen LogP contribution in [-0.2, 0) is 11.2 Å². The van der Waals surface area contributed by atoms with Crippen LogP contribution in [0.25, 0.3) is 0 Å². The van der Waals surface area contributed by atoms with Crippen molar-refractivity contribution in [2.45, 2.75) is 16.3 Å². The van der Waals surface area contributed by atoms with E-state index >= 15 is 0 Å². The summed E-state index contributed by atoms with van der Waals surface area (Å²) in [6.45, 7) is 3.65. The summed E-state index contributed by atoms with van der Waals surface area (Å²) in [4.78, 5) is 11.5. The van der Waals surface area contributed by atoms with E-state index in [1.807, 2.05) is 30.3 Å². The Morgan fingerprint density at radius 2 is 1.94 bits per heavy atom. The molecular formula is C12H12Cl3NO. The Labute approximate surface area is 116 Å². The first-order chi connectivity index (χ1) is 7.93. The molecule has 0 radical (unpaired) electrons. The third kappa shape index (κ3) is 4.99. The molecule has 1 rings (SSSR count). The highest BCUT2D eigenvalue weighted by molar-refractivity contribution is 6.76. The molecule has 1 aromatic rings. The standard InChI is InChI=1S/C12H12Cl3NO/c1-2-10(16-11(17)12(13,14)15)8-9-6-4-3-5-7-9/h2-7,10H,1,8H2,(H,16,17)/t10-/m1/s1. The van der Waals surface area contributed by atoms with Crippen LogP contribution in [0.15, 0.2) is 43.0 Å². The third-order valence-electron chi connectivity index (χ3n) is 2.16. The number of halogens is 3. The summed E-state index contributed by atoms with van der Waals surface area (Å²) in [5.41, 5.74) is 1.07. The van der Waals surface area contributed by atoms with Crippen molar-refractivity contribution >= 4 is 40.7 Å². The molecule has 0 heterocycles. The minimum atomic E-state index is -1.95. The fourth-order valence-corrected chi connectivity index (χ4v) is 1.48. The summed E-state index contributed by atoms with van der Waals surface area (Å²) < 4.78 is -1.95. The van der Waals surface area contributed by atoms with E-state index in [9.17, 15) is 4.79 Å². The van der Waals surface area contributed by atoms with E-state index in [0.717, 1.165) is 5.56 Å². The van der Waals surface area contributed by atoms with E-state index in [-0.39, 0.29) is 6.04 Å². The van der Waals surface area contributed by atoms with Gasteiger partial charge in [0.2, 0.25) is 0 Å². The Balaban J connectivity index is 2.62. The fraction of sp³-hybridized carbons (Fsp3) is 0.250. The molecule has 0 saturated carbocycles. The van der Waals surface area contributed by atoms with Crippen LogP contribution < -0.4 is 5.32 Å². The van der Waals surface area contributed by atoms with Crippen LogP contribution in [0.3, 0.4) is 0 Å². The lowest BCUT2D eigenvalue weighted by molar-refractivity contribution is -0.120. The van der Waals surface area contributed by atoms with Crippen molar-refractivity contribution in [1.82, 2.24) is 5.32 Å². The van der Waals surface area contributed by atoms with Gasteiger partial charge in [-0.3, -0.25) is 4.79 Å². The number of rotatable bonds is 4. The van der Waals surface area contributed by atoms with Crippen LogP contribution in [0.1, 0.15) is 5.56 Å². The van der Waals surface area contributed by atoms with Crippen molar-refractivity contribution < 1.29 is 4.79 Å². The average molecular weight is 293 g/mol. The normalized spacial score (nSPS) is 12.9. The molecule has 0 aliphatic carbocycles. The molecule has 1 N–H and O–H groups in total. The maximum atomic E-state index is 11.5. The lowest BCUT2D eigenvalue weighted by Crippen LogP contribution is -2.41. The van der Waals surface area contributed by atoms with Gasteiger partial charge in [-0.2, -0.15) is 0 Å². The smallest absolute Gasteiger partial charge is 0.272 e. The van der Waals surface area contributed by atoms with E-state index in [1.165, 1.54) is 0 Å². The zero-order valence-corrected chi connectivity index (χ0v) is 11.3. The quantitative estimate of drug-likeness (QED) is 0.670. The Morgan fingerprint density at radius 3 is 2.41 bits per heavy atom. The second-order valence-corrected chi connectivity index (χ2v) is 5.78. The second-order valence-electron chi connectivity index (χ2n) is 3.50. The molecule has 92 valence electrons. The van der Waals surface area contributed by atoms with Crippen LogP contribution in [0.4, 0.5) is 0 Å². The summed E-state index contributed by atoms with van der Waals surface area (Å²) in [6.07, 6.45) is 2.22. The highest BCUT2D eigenvalue weighted by Crippen LogP contribution is 2.26. The van der Waals surface area contributed by atoms with Gasteiger partial charge in [-0.15, -0.1) is 6.58 Å². The maximum absolute atomic E-state index is 11.5. The largest absolute Gasteiger partial charge is 0.346 e. The van der Waals surface area contributed by atoms with Gasteiger partial charge in [0.15, 0.2) is 0 Å². The molecule has 0 aromatic heterocycles. The number of hydrogen-bond acceptors (Lipinski definition) is 1. The summed E-state index contributed by atoms with van der Waals surface area (Å²) >= 11 is 16.4. The molecule has 5 heteroatoms. The van der Waals surface area contributed by atoms with Gasteiger partial charge in [0.25, 0.3) is 9.70 Å². The lowest BCUT2D eigenvalue weighted by Gasteiger charge is -2.18. The molecule has 0 unspecified atom stereocenters. The zero-order chi connectivity index (χ0) is 12.9. The molecule has 0 bridgehead atoms. The van der Waals surface area contributed by atoms with E-state index in [4.69, 9.17) is 34.8 Å². The number of carbonyl (C=O) groups excluding carboxylic acids is 1. The Kier molecular flexibility index (Phi) is 5.31. The van der Waals surface area contributed by atoms with Gasteiger partial charge in [-0.1, -0.05) is 71.2 Å². The monoisotopic (exact) mass is 291 g/mol. The number of nitrogens with one attached hydrogen (secondary N) is 1. The Bertz CT molecular complexity index is 386. The molecule has 0 aliphatic heterocycles. The van der Waals surface area contributed by atoms with Crippen molar-refractivity contribution in [2.75, 3.05) is 0 Å². The molecule has 1 amide bonds. The molecule has 1 atom stereocenters. The molecule has 2 nitrogen and oxygen atoms in total. The highest BCUT2D eigenvalue weighted by atomic mass is 35.6. The minimum absolute atomic E-state index is 0.263. The zero-order valence-electron chi connectivity index (χ0n) is 9.00. The first kappa shape index (κ1) is 14.4. The summed E-state index contributed by atoms with van der Waals surface area (Å²) in [6, 6.07) is 9.42. The van der Waals surface area contributed by atoms with Crippen LogP contribution in [0.2, 0.25) is 0 Å². The second kappa shape index (κ2) is 6.29. The van der Waals surface area contributed by atoms with Crippen molar-refractivity contribution in [2.24, 2.45) is 0 Å². The number of carbonyl (C=O) groups is 1. The van der Waals surface area contributed by atoms with Crippen molar-refractivity contribution in [3.8, 4) is 0 Å². The number of benzene rings is 1. The van der Waals surface area contributed by atoms with Crippen molar-refractivity contribution in [3.05, 3.63) is 48.6 Å². The number of amides is 1. The summed E-state index contributed by atoms with van der Waals surface area (Å²) in [5.74, 6) is -0.650. The van der Waals surface area contributed by atoms with Gasteiger partial charge < -0.3 is 5.32 Å². The Morgan fingerprint density at radius 1 is 1.35 bits per heavy atom. The van der Waals surface area contributed by atoms with Crippen LogP contribution in [0.5, 0.6) is 0 Å². The summed E-state index contributed by atoms with van der Waals surface area (Å²) in [7, 11) is 0. The first-order valence-electron chi connectivity index (χ1n) is 4.97. The minimum Gasteiger partial charge on any atom is -0.346 e. The van der Waals surface area contributed by atoms with Crippen LogP contribution in [0, 0.1) is 0 Å². The molecular weight excluding hydrogens is 280 g/mol. The lowest BCUT2D eigenvalue weighted by atomic mass is 10.1.